The van der Waals surface area contributed by atoms with Gasteiger partial charge in [0.05, 0.1) is 11.5 Å². The third kappa shape index (κ3) is 3.91. The van der Waals surface area contributed by atoms with Gasteiger partial charge in [0.25, 0.3) is 0 Å². The zero-order valence-electron chi connectivity index (χ0n) is 12.0. The Labute approximate surface area is 129 Å². The maximum absolute atomic E-state index is 12.5. The second kappa shape index (κ2) is 6.70. The molecule has 1 aromatic carbocycles. The van der Waals surface area contributed by atoms with E-state index in [1.807, 2.05) is 23.8 Å². The summed E-state index contributed by atoms with van der Waals surface area (Å²) >= 11 is 1.60. The number of sulfonamides is 1. The molecule has 1 aromatic heterocycles. The van der Waals surface area contributed by atoms with Crippen LogP contribution in [0.4, 0.5) is 0 Å². The number of rotatable bonds is 6. The van der Waals surface area contributed by atoms with Crippen molar-refractivity contribution in [3.05, 3.63) is 51.7 Å². The summed E-state index contributed by atoms with van der Waals surface area (Å²) in [6.45, 7) is 3.39. The van der Waals surface area contributed by atoms with Crippen molar-refractivity contribution >= 4 is 21.4 Å². The van der Waals surface area contributed by atoms with Crippen LogP contribution in [-0.2, 0) is 23.1 Å². The first-order valence-corrected chi connectivity index (χ1v) is 9.09. The predicted octanol–water partition coefficient (Wildman–Crippen LogP) is 2.46. The normalized spacial score (nSPS) is 13.3. The number of nitrogens with one attached hydrogen (secondary N) is 1. The maximum atomic E-state index is 12.5. The van der Waals surface area contributed by atoms with E-state index in [0.29, 0.717) is 17.5 Å². The van der Waals surface area contributed by atoms with Gasteiger partial charge in [0.1, 0.15) is 0 Å². The molecule has 2 rings (SSSR count). The highest BCUT2D eigenvalue weighted by atomic mass is 32.2. The molecule has 114 valence electrons. The summed E-state index contributed by atoms with van der Waals surface area (Å²) in [5, 5.41) is 13.2. The topological polar surface area (TPSA) is 66.4 Å². The first-order valence-electron chi connectivity index (χ1n) is 6.67. The molecular weight excluding hydrogens is 306 g/mol. The lowest BCUT2D eigenvalue weighted by molar-refractivity contribution is 0.280. The third-order valence-corrected chi connectivity index (χ3v) is 5.80. The minimum absolute atomic E-state index is 0.167. The summed E-state index contributed by atoms with van der Waals surface area (Å²) in [7, 11) is -3.58. The fourth-order valence-electron chi connectivity index (χ4n) is 2.25. The lowest BCUT2D eigenvalue weighted by Gasteiger charge is -2.16. The Hall–Kier alpha value is -1.21. The maximum Gasteiger partial charge on any atom is 0.241 e. The van der Waals surface area contributed by atoms with Gasteiger partial charge in [0.2, 0.25) is 10.0 Å². The van der Waals surface area contributed by atoms with E-state index in [0.717, 1.165) is 5.56 Å². The molecule has 4 nitrogen and oxygen atoms in total. The van der Waals surface area contributed by atoms with Gasteiger partial charge in [-0.2, -0.15) is 11.3 Å². The summed E-state index contributed by atoms with van der Waals surface area (Å²) in [6.07, 6.45) is 0.654. The molecule has 0 fully saturated rings. The van der Waals surface area contributed by atoms with Gasteiger partial charge in [-0.1, -0.05) is 12.1 Å². The Balaban J connectivity index is 2.18. The predicted molar refractivity (Wildman–Crippen MR) is 84.9 cm³/mol. The van der Waals surface area contributed by atoms with E-state index in [2.05, 4.69) is 4.72 Å². The van der Waals surface area contributed by atoms with Gasteiger partial charge < -0.3 is 5.11 Å². The van der Waals surface area contributed by atoms with E-state index in [9.17, 15) is 13.5 Å². The van der Waals surface area contributed by atoms with Crippen molar-refractivity contribution in [1.29, 1.82) is 0 Å². The molecule has 1 heterocycles. The fraction of sp³-hybridized carbons (Fsp3) is 0.333. The second-order valence-electron chi connectivity index (χ2n) is 5.06. The van der Waals surface area contributed by atoms with Crippen LogP contribution in [0.1, 0.15) is 23.6 Å². The second-order valence-corrected chi connectivity index (χ2v) is 7.52. The van der Waals surface area contributed by atoms with Gasteiger partial charge in [0.15, 0.2) is 0 Å². The Bertz CT molecular complexity index is 694. The van der Waals surface area contributed by atoms with E-state index in [-0.39, 0.29) is 17.5 Å². The van der Waals surface area contributed by atoms with Crippen LogP contribution in [0.5, 0.6) is 0 Å². The Morgan fingerprint density at radius 2 is 2.10 bits per heavy atom. The lowest BCUT2D eigenvalue weighted by Crippen LogP contribution is -2.34. The molecule has 1 unspecified atom stereocenters. The van der Waals surface area contributed by atoms with Crippen LogP contribution in [0, 0.1) is 6.92 Å². The SMILES string of the molecule is Cc1c(CO)cccc1S(=O)(=O)NC(C)Cc1ccsc1. The van der Waals surface area contributed by atoms with Gasteiger partial charge in [0, 0.05) is 6.04 Å². The zero-order chi connectivity index (χ0) is 15.5. The minimum atomic E-state index is -3.58. The number of hydrogen-bond donors (Lipinski definition) is 2. The van der Waals surface area contributed by atoms with Crippen molar-refractivity contribution < 1.29 is 13.5 Å². The van der Waals surface area contributed by atoms with Gasteiger partial charge in [-0.05, 0) is 59.9 Å². The average Bonchev–Trinajstić information content (AvgIpc) is 2.90. The number of hydrogen-bond acceptors (Lipinski definition) is 4. The summed E-state index contributed by atoms with van der Waals surface area (Å²) in [6, 6.07) is 6.74. The van der Waals surface area contributed by atoms with E-state index >= 15 is 0 Å². The van der Waals surface area contributed by atoms with Crippen LogP contribution in [0.3, 0.4) is 0 Å². The van der Waals surface area contributed by atoms with Crippen LogP contribution < -0.4 is 4.72 Å². The molecule has 0 saturated carbocycles. The van der Waals surface area contributed by atoms with Gasteiger partial charge >= 0.3 is 0 Å². The molecule has 0 aliphatic heterocycles. The van der Waals surface area contributed by atoms with Crippen molar-refractivity contribution in [3.63, 3.8) is 0 Å². The van der Waals surface area contributed by atoms with Gasteiger partial charge in [-0.25, -0.2) is 13.1 Å². The summed E-state index contributed by atoms with van der Waals surface area (Å²) in [5.74, 6) is 0. The average molecular weight is 325 g/mol. The van der Waals surface area contributed by atoms with Crippen LogP contribution in [-0.4, -0.2) is 19.6 Å². The molecule has 0 saturated heterocycles. The molecule has 21 heavy (non-hydrogen) atoms. The Morgan fingerprint density at radius 3 is 2.71 bits per heavy atom. The van der Waals surface area contributed by atoms with E-state index in [4.69, 9.17) is 0 Å². The molecule has 1 atom stereocenters. The largest absolute Gasteiger partial charge is 0.392 e. The van der Waals surface area contributed by atoms with Crippen LogP contribution in [0.15, 0.2) is 39.9 Å². The Morgan fingerprint density at radius 1 is 1.33 bits per heavy atom. The lowest BCUT2D eigenvalue weighted by atomic mass is 10.1. The third-order valence-electron chi connectivity index (χ3n) is 3.33. The van der Waals surface area contributed by atoms with Crippen molar-refractivity contribution in [2.24, 2.45) is 0 Å². The van der Waals surface area contributed by atoms with Crippen molar-refractivity contribution in [3.8, 4) is 0 Å². The van der Waals surface area contributed by atoms with Gasteiger partial charge in [-0.15, -0.1) is 0 Å². The highest BCUT2D eigenvalue weighted by molar-refractivity contribution is 7.89. The van der Waals surface area contributed by atoms with E-state index in [1.54, 1.807) is 36.5 Å². The fourth-order valence-corrected chi connectivity index (χ4v) is 4.47. The molecule has 0 radical (unpaired) electrons. The highest BCUT2D eigenvalue weighted by Crippen LogP contribution is 2.19. The number of benzene rings is 1. The first-order chi connectivity index (χ1) is 9.94. The summed E-state index contributed by atoms with van der Waals surface area (Å²) in [4.78, 5) is 0.228. The van der Waals surface area contributed by atoms with Crippen molar-refractivity contribution in [2.45, 2.75) is 37.8 Å². The smallest absolute Gasteiger partial charge is 0.241 e. The zero-order valence-corrected chi connectivity index (χ0v) is 13.7. The van der Waals surface area contributed by atoms with Crippen molar-refractivity contribution in [2.75, 3.05) is 0 Å². The minimum Gasteiger partial charge on any atom is -0.392 e. The van der Waals surface area contributed by atoms with Crippen LogP contribution in [0.2, 0.25) is 0 Å². The number of aliphatic hydroxyl groups excluding tert-OH is 1. The van der Waals surface area contributed by atoms with Crippen LogP contribution in [0.25, 0.3) is 0 Å². The molecular formula is C15H19NO3S2. The quantitative estimate of drug-likeness (QED) is 0.857. The molecule has 0 aliphatic carbocycles. The molecule has 0 amide bonds. The van der Waals surface area contributed by atoms with Crippen molar-refractivity contribution in [1.82, 2.24) is 4.72 Å². The summed E-state index contributed by atoms with van der Waals surface area (Å²) < 4.78 is 27.6. The number of aliphatic hydroxyl groups is 1. The molecule has 0 aliphatic rings. The standard InChI is InChI=1S/C15H19NO3S2/c1-11(8-13-6-7-20-10-13)16-21(18,19)15-5-3-4-14(9-17)12(15)2/h3-7,10-11,16-17H,8-9H2,1-2H3. The summed E-state index contributed by atoms with van der Waals surface area (Å²) in [5.41, 5.74) is 2.34. The Kier molecular flexibility index (Phi) is 5.16. The molecule has 2 aromatic rings. The van der Waals surface area contributed by atoms with E-state index < -0.39 is 10.0 Å². The monoisotopic (exact) mass is 325 g/mol. The highest BCUT2D eigenvalue weighted by Gasteiger charge is 2.20. The van der Waals surface area contributed by atoms with E-state index in [1.165, 1.54) is 0 Å². The molecule has 0 spiro atoms. The van der Waals surface area contributed by atoms with Gasteiger partial charge in [-0.3, -0.25) is 0 Å². The molecule has 6 heteroatoms. The number of thiophene rings is 1. The van der Waals surface area contributed by atoms with Crippen LogP contribution >= 0.6 is 11.3 Å². The molecule has 0 bridgehead atoms. The molecule has 2 N–H and O–H groups in total. The first kappa shape index (κ1) is 16.2.